The number of carbonyl (C=O) groups excluding carboxylic acids is 4. The summed E-state index contributed by atoms with van der Waals surface area (Å²) in [5, 5.41) is -5.22. The van der Waals surface area contributed by atoms with Crippen LogP contribution in [0, 0.1) is 51.8 Å². The molecule has 0 spiro atoms. The van der Waals surface area contributed by atoms with Gasteiger partial charge in [0.1, 0.15) is 13.2 Å². The fourth-order valence-corrected chi connectivity index (χ4v) is 12.5. The number of esters is 4. The van der Waals surface area contributed by atoms with Crippen molar-refractivity contribution in [2.75, 3.05) is 52.9 Å². The molecule has 8 saturated carbocycles. The molecule has 0 heterocycles. The molecule has 18 nitrogen and oxygen atoms in total. The van der Waals surface area contributed by atoms with Crippen molar-refractivity contribution in [1.82, 2.24) is 0 Å². The second-order valence-corrected chi connectivity index (χ2v) is 21.6. The summed E-state index contributed by atoms with van der Waals surface area (Å²) < 4.78 is 154. The number of rotatable bonds is 23. The van der Waals surface area contributed by atoms with E-state index in [0.29, 0.717) is 67.3 Å². The predicted molar refractivity (Wildman–Crippen MR) is 234 cm³/mol. The Morgan fingerprint density at radius 1 is 0.625 bits per heavy atom. The normalized spacial score (nSPS) is 28.6. The van der Waals surface area contributed by atoms with Crippen LogP contribution >= 0.6 is 0 Å². The number of ether oxygens (including phenoxy) is 8. The summed E-state index contributed by atoms with van der Waals surface area (Å²) in [5.41, 5.74) is -0.429. The fraction of sp³-hybridized carbons (Fsp3) is 0.800. The van der Waals surface area contributed by atoms with E-state index in [9.17, 15) is 49.0 Å². The molecular formula is C45H67F5Na2O18S2. The molecule has 6 unspecified atom stereocenters. The maximum absolute atomic E-state index is 13.5. The number of halogens is 5. The topological polar surface area (TPSA) is 257 Å². The first-order valence-corrected chi connectivity index (χ1v) is 24.6. The van der Waals surface area contributed by atoms with E-state index in [2.05, 4.69) is 17.9 Å². The van der Waals surface area contributed by atoms with Gasteiger partial charge in [0, 0.05) is 28.4 Å². The van der Waals surface area contributed by atoms with E-state index >= 15 is 0 Å². The maximum atomic E-state index is 13.5. The van der Waals surface area contributed by atoms with E-state index in [1.54, 1.807) is 27.7 Å². The van der Waals surface area contributed by atoms with Gasteiger partial charge in [-0.15, -0.1) is 12.6 Å². The van der Waals surface area contributed by atoms with Crippen LogP contribution < -0.4 is 59.1 Å². The van der Waals surface area contributed by atoms with Gasteiger partial charge in [0.15, 0.2) is 12.6 Å². The van der Waals surface area contributed by atoms with Crippen LogP contribution in [0.2, 0.25) is 0 Å². The summed E-state index contributed by atoms with van der Waals surface area (Å²) in [7, 11) is -9.51. The molecule has 1 N–H and O–H groups in total. The summed E-state index contributed by atoms with van der Waals surface area (Å²) in [6.45, 7) is 14.8. The van der Waals surface area contributed by atoms with Gasteiger partial charge in [-0.1, -0.05) is 24.5 Å². The van der Waals surface area contributed by atoms with E-state index in [1.807, 2.05) is 0 Å². The smallest absolute Gasteiger partial charge is 0.870 e. The Hall–Kier alpha value is -1.75. The van der Waals surface area contributed by atoms with E-state index in [-0.39, 0.29) is 128 Å². The fourth-order valence-electron chi connectivity index (χ4n) is 12.3. The third-order valence-electron chi connectivity index (χ3n) is 13.6. The number of hydrogen-bond acceptors (Lipinski definition) is 18. The van der Waals surface area contributed by atoms with Crippen molar-refractivity contribution < 1.29 is 164 Å². The molecule has 6 atom stereocenters. The molecule has 0 aromatic rings. The van der Waals surface area contributed by atoms with Crippen LogP contribution in [-0.2, 0) is 77.9 Å². The first-order chi connectivity index (χ1) is 31.5. The minimum atomic E-state index is -6.40. The Morgan fingerprint density at radius 2 is 0.931 bits per heavy atom. The van der Waals surface area contributed by atoms with Crippen LogP contribution in [0.4, 0.5) is 21.4 Å². The molecule has 8 aliphatic carbocycles. The van der Waals surface area contributed by atoms with Gasteiger partial charge in [-0.3, -0.25) is 4.79 Å². The van der Waals surface area contributed by atoms with Gasteiger partial charge >= 0.3 is 103 Å². The predicted octanol–water partition coefficient (Wildman–Crippen LogP) is 1.01. The third-order valence-corrected chi connectivity index (χ3v) is 14.4. The summed E-state index contributed by atoms with van der Waals surface area (Å²) in [6.07, 6.45) is 7.27. The maximum Gasteiger partial charge on any atom is 1.00 e. The SMILES string of the molecule is C.C=C(C)C(=O)OCCOC(C)OCC12CC3CC(CC(COC(=O)C(F)(F)S(=O)(=O)F)(C3)C1)C2.C=C(C)C(=O)OCCOC(C)OCC12CC3CC(CC(COC(=O)[C-](F)F)(C3)C1)C2.O=S(=O)=O.[Na+].[Na+].[OH-]. The van der Waals surface area contributed by atoms with Gasteiger partial charge in [-0.05, 0) is 139 Å². The largest absolute Gasteiger partial charge is 1.00 e. The molecule has 0 radical (unpaired) electrons. The van der Waals surface area contributed by atoms with Crippen LogP contribution in [0.15, 0.2) is 24.3 Å². The van der Waals surface area contributed by atoms with E-state index < -0.39 is 74.4 Å². The van der Waals surface area contributed by atoms with Gasteiger partial charge in [0.25, 0.3) is 0 Å². The van der Waals surface area contributed by atoms with Gasteiger partial charge in [-0.25, -0.2) is 14.4 Å². The van der Waals surface area contributed by atoms with Crippen LogP contribution in [0.1, 0.15) is 112 Å². The van der Waals surface area contributed by atoms with Crippen molar-refractivity contribution in [3.63, 3.8) is 0 Å². The number of carbonyl (C=O) groups is 4. The molecule has 8 rings (SSSR count). The van der Waals surface area contributed by atoms with E-state index in [1.165, 1.54) is 0 Å². The number of alkyl halides is 2. The first kappa shape index (κ1) is 70.2. The number of hydrogen-bond donors (Lipinski definition) is 0. The standard InChI is InChI=1S/C22H31F3O8S.C22H31F2O6.CH4.2Na.O3S.H2O/c1-14(2)18(26)31-5-4-30-15(3)32-12-20-7-16-6-17(8-20)10-21(9-16,11-20)13-33-19(27)22(23,24)34(25,28)29;1-14(2)19(25)28-5-4-27-15(3)29-12-21-7-16-6-17(8-21)10-22(9-16,11-21)13-30-20(26)18(23)24;;;;1-4(2)3;/h15-17H,1,4-13H2,2-3H3;15-17H,1,4-13H2,2-3H3;1H4;;;;1H2/q;-1;;2*+1;;/p-1. The molecule has 8 fully saturated rings. The van der Waals surface area contributed by atoms with Crippen LogP contribution in [0.3, 0.4) is 0 Å². The van der Waals surface area contributed by atoms with Crippen molar-refractivity contribution in [3.8, 4) is 0 Å². The average molecular weight is 1100 g/mol. The van der Waals surface area contributed by atoms with Crippen LogP contribution in [-0.4, -0.2) is 121 Å². The van der Waals surface area contributed by atoms with E-state index in [0.717, 1.165) is 57.8 Å². The quantitative estimate of drug-likeness (QED) is 0.0159. The molecule has 404 valence electrons. The van der Waals surface area contributed by atoms with Gasteiger partial charge in [-0.2, -0.15) is 17.2 Å². The van der Waals surface area contributed by atoms with Crippen molar-refractivity contribution >= 4 is 44.7 Å². The molecule has 0 amide bonds. The second kappa shape index (κ2) is 29.7. The molecular weight excluding hydrogens is 1030 g/mol. The summed E-state index contributed by atoms with van der Waals surface area (Å²) >= 11 is 0. The third kappa shape index (κ3) is 20.3. The minimum Gasteiger partial charge on any atom is -0.870 e. The Bertz CT molecular complexity index is 2050. The molecule has 0 saturated heterocycles. The average Bonchev–Trinajstić information content (AvgIpc) is 3.22. The van der Waals surface area contributed by atoms with Crippen molar-refractivity contribution in [2.45, 2.75) is 130 Å². The Kier molecular flexibility index (Phi) is 29.0. The molecule has 0 aliphatic heterocycles. The van der Waals surface area contributed by atoms with Crippen molar-refractivity contribution in [2.24, 2.45) is 45.3 Å². The zero-order valence-electron chi connectivity index (χ0n) is 41.1. The van der Waals surface area contributed by atoms with Crippen molar-refractivity contribution in [1.29, 1.82) is 0 Å². The Labute approximate surface area is 464 Å². The molecule has 8 bridgehead atoms. The molecule has 27 heteroatoms. The molecule has 0 aromatic carbocycles. The second-order valence-electron chi connectivity index (χ2n) is 19.8. The minimum absolute atomic E-state index is 0. The Morgan fingerprint density at radius 3 is 1.22 bits per heavy atom. The zero-order valence-corrected chi connectivity index (χ0v) is 46.7. The molecule has 0 aromatic heterocycles. The zero-order chi connectivity index (χ0) is 50.9. The first-order valence-electron chi connectivity index (χ1n) is 22.3. The molecule has 8 aliphatic rings. The van der Waals surface area contributed by atoms with Crippen LogP contribution in [0.5, 0.6) is 0 Å². The molecule has 72 heavy (non-hydrogen) atoms. The van der Waals surface area contributed by atoms with Crippen molar-refractivity contribution in [3.05, 3.63) is 30.7 Å². The summed E-state index contributed by atoms with van der Waals surface area (Å²) in [5.74, 6) is -3.18. The van der Waals surface area contributed by atoms with E-state index in [4.69, 9.17) is 45.8 Å². The van der Waals surface area contributed by atoms with Gasteiger partial charge in [0.2, 0.25) is 5.97 Å². The van der Waals surface area contributed by atoms with Gasteiger partial charge in [0.05, 0.1) is 39.6 Å². The monoisotopic (exact) mass is 1100 g/mol. The summed E-state index contributed by atoms with van der Waals surface area (Å²) in [4.78, 5) is 45.6. The van der Waals surface area contributed by atoms with Gasteiger partial charge < -0.3 is 52.2 Å². The summed E-state index contributed by atoms with van der Waals surface area (Å²) in [6, 6.07) is 0. The Balaban J connectivity index is 0.00000124. The van der Waals surface area contributed by atoms with Crippen LogP contribution in [0.25, 0.3) is 0 Å².